The first-order valence-electron chi connectivity index (χ1n) is 5.25. The first kappa shape index (κ1) is 13.6. The second-order valence-corrected chi connectivity index (χ2v) is 5.96. The van der Waals surface area contributed by atoms with E-state index in [-0.39, 0.29) is 5.82 Å². The maximum absolute atomic E-state index is 13.5. The molecule has 2 aromatic rings. The van der Waals surface area contributed by atoms with Gasteiger partial charge >= 0.3 is 0 Å². The van der Waals surface area contributed by atoms with Crippen molar-refractivity contribution < 1.29 is 4.39 Å². The van der Waals surface area contributed by atoms with E-state index in [0.29, 0.717) is 10.2 Å². The van der Waals surface area contributed by atoms with Crippen LogP contribution in [0.25, 0.3) is 0 Å². The molecule has 0 radical (unpaired) electrons. The third-order valence-electron chi connectivity index (χ3n) is 2.53. The van der Waals surface area contributed by atoms with E-state index in [0.717, 1.165) is 20.5 Å². The fraction of sp³-hybridized carbons (Fsp3) is 0.0769. The molecule has 0 bridgehead atoms. The van der Waals surface area contributed by atoms with Crippen LogP contribution in [-0.2, 0) is 0 Å². The van der Waals surface area contributed by atoms with Crippen LogP contribution in [0.2, 0.25) is 0 Å². The molecule has 94 valence electrons. The van der Waals surface area contributed by atoms with Crippen molar-refractivity contribution in [1.29, 1.82) is 0 Å². The number of benzene rings is 2. The molecule has 0 atom stereocenters. The number of nitrogens with one attached hydrogen (secondary N) is 1. The minimum atomic E-state index is -0.284. The van der Waals surface area contributed by atoms with Crippen molar-refractivity contribution in [2.75, 3.05) is 11.1 Å². The predicted molar refractivity (Wildman–Crippen MR) is 85.7 cm³/mol. The Morgan fingerprint density at radius 2 is 1.94 bits per heavy atom. The predicted octanol–water partition coefficient (Wildman–Crippen LogP) is 4.83. The van der Waals surface area contributed by atoms with Gasteiger partial charge < -0.3 is 11.1 Å². The molecule has 0 unspecified atom stereocenters. The Balaban J connectivity index is 2.37. The van der Waals surface area contributed by atoms with Crippen LogP contribution in [0, 0.1) is 16.3 Å². The molecule has 2 rings (SSSR count). The van der Waals surface area contributed by atoms with Crippen molar-refractivity contribution in [2.24, 2.45) is 0 Å². The van der Waals surface area contributed by atoms with Crippen LogP contribution in [0.1, 0.15) is 5.56 Å². The fourth-order valence-corrected chi connectivity index (χ4v) is 2.69. The second kappa shape index (κ2) is 5.44. The molecule has 0 aliphatic carbocycles. The topological polar surface area (TPSA) is 38.0 Å². The van der Waals surface area contributed by atoms with E-state index in [1.54, 1.807) is 6.07 Å². The van der Waals surface area contributed by atoms with Gasteiger partial charge in [-0.3, -0.25) is 0 Å². The minimum absolute atomic E-state index is 0.284. The molecule has 3 N–H and O–H groups in total. The van der Waals surface area contributed by atoms with Crippen molar-refractivity contribution in [1.82, 2.24) is 0 Å². The highest BCUT2D eigenvalue weighted by Crippen LogP contribution is 2.29. The van der Waals surface area contributed by atoms with Gasteiger partial charge in [0.05, 0.1) is 10.2 Å². The number of hydrogen-bond donors (Lipinski definition) is 2. The number of aryl methyl sites for hydroxylation is 1. The van der Waals surface area contributed by atoms with Gasteiger partial charge in [0.2, 0.25) is 0 Å². The Morgan fingerprint density at radius 1 is 1.22 bits per heavy atom. The average molecular weight is 421 g/mol. The molecule has 0 amide bonds. The molecule has 0 aliphatic rings. The van der Waals surface area contributed by atoms with Crippen LogP contribution in [-0.4, -0.2) is 0 Å². The summed E-state index contributed by atoms with van der Waals surface area (Å²) in [4.78, 5) is 0. The van der Waals surface area contributed by atoms with Gasteiger partial charge in [0.25, 0.3) is 0 Å². The van der Waals surface area contributed by atoms with Crippen LogP contribution in [0.4, 0.5) is 21.5 Å². The van der Waals surface area contributed by atoms with Gasteiger partial charge in [-0.25, -0.2) is 4.39 Å². The number of halogens is 3. The minimum Gasteiger partial charge on any atom is -0.399 e. The van der Waals surface area contributed by atoms with E-state index < -0.39 is 0 Å². The summed E-state index contributed by atoms with van der Waals surface area (Å²) in [7, 11) is 0. The third kappa shape index (κ3) is 2.95. The summed E-state index contributed by atoms with van der Waals surface area (Å²) in [6.45, 7) is 1.93. The maximum Gasteiger partial charge on any atom is 0.139 e. The lowest BCUT2D eigenvalue weighted by Crippen LogP contribution is -1.97. The lowest BCUT2D eigenvalue weighted by Gasteiger charge is -2.12. The highest BCUT2D eigenvalue weighted by molar-refractivity contribution is 14.1. The summed E-state index contributed by atoms with van der Waals surface area (Å²) in [5.41, 5.74) is 9.04. The second-order valence-electron chi connectivity index (χ2n) is 3.95. The van der Waals surface area contributed by atoms with E-state index >= 15 is 0 Å². The van der Waals surface area contributed by atoms with Gasteiger partial charge in [-0.1, -0.05) is 0 Å². The lowest BCUT2D eigenvalue weighted by atomic mass is 10.2. The normalized spacial score (nSPS) is 10.4. The van der Waals surface area contributed by atoms with Gasteiger partial charge in [-0.2, -0.15) is 0 Å². The SMILES string of the molecule is Cc1cc(Br)c(F)cc1Nc1ccc(N)cc1I. The molecule has 0 heterocycles. The fourth-order valence-electron chi connectivity index (χ4n) is 1.56. The monoisotopic (exact) mass is 420 g/mol. The Bertz CT molecular complexity index is 602. The molecule has 5 heteroatoms. The van der Waals surface area contributed by atoms with Crippen molar-refractivity contribution in [2.45, 2.75) is 6.92 Å². The first-order valence-corrected chi connectivity index (χ1v) is 7.12. The Morgan fingerprint density at radius 3 is 2.61 bits per heavy atom. The average Bonchev–Trinajstić information content (AvgIpc) is 2.29. The zero-order chi connectivity index (χ0) is 13.3. The molecule has 2 nitrogen and oxygen atoms in total. The van der Waals surface area contributed by atoms with Crippen molar-refractivity contribution in [3.05, 3.63) is 49.8 Å². The number of nitrogens with two attached hydrogens (primary N) is 1. The van der Waals surface area contributed by atoms with Gasteiger partial charge in [-0.15, -0.1) is 0 Å². The van der Waals surface area contributed by atoms with Gasteiger partial charge in [0.1, 0.15) is 5.82 Å². The van der Waals surface area contributed by atoms with E-state index in [9.17, 15) is 4.39 Å². The lowest BCUT2D eigenvalue weighted by molar-refractivity contribution is 0.621. The highest BCUT2D eigenvalue weighted by atomic mass is 127. The standard InChI is InChI=1S/C13H11BrFIN2/c1-7-4-9(14)10(15)6-13(7)18-12-3-2-8(17)5-11(12)16/h2-6,18H,17H2,1H3. The summed E-state index contributed by atoms with van der Waals surface area (Å²) in [6.07, 6.45) is 0. The number of rotatable bonds is 2. The van der Waals surface area contributed by atoms with Crippen molar-refractivity contribution in [3.8, 4) is 0 Å². The van der Waals surface area contributed by atoms with Crippen LogP contribution >= 0.6 is 38.5 Å². The molecule has 0 aliphatic heterocycles. The van der Waals surface area contributed by atoms with E-state index in [2.05, 4.69) is 43.8 Å². The van der Waals surface area contributed by atoms with Crippen LogP contribution < -0.4 is 11.1 Å². The number of nitrogen functional groups attached to an aromatic ring is 1. The van der Waals surface area contributed by atoms with Gasteiger partial charge in [-0.05, 0) is 81.3 Å². The van der Waals surface area contributed by atoms with Crippen molar-refractivity contribution in [3.63, 3.8) is 0 Å². The first-order chi connectivity index (χ1) is 8.47. The smallest absolute Gasteiger partial charge is 0.139 e. The van der Waals surface area contributed by atoms with Gasteiger partial charge in [0.15, 0.2) is 0 Å². The van der Waals surface area contributed by atoms with Crippen LogP contribution in [0.5, 0.6) is 0 Å². The van der Waals surface area contributed by atoms with Crippen molar-refractivity contribution >= 4 is 55.6 Å². The van der Waals surface area contributed by atoms with Crippen LogP contribution in [0.3, 0.4) is 0 Å². The summed E-state index contributed by atoms with van der Waals surface area (Å²) < 4.78 is 15.0. The quantitative estimate of drug-likeness (QED) is 0.539. The Labute approximate surface area is 127 Å². The Kier molecular flexibility index (Phi) is 4.11. The number of anilines is 3. The zero-order valence-corrected chi connectivity index (χ0v) is 13.3. The molecule has 2 aromatic carbocycles. The van der Waals surface area contributed by atoms with Gasteiger partial charge in [0, 0.05) is 14.9 Å². The molecule has 0 aromatic heterocycles. The van der Waals surface area contributed by atoms with E-state index in [1.165, 1.54) is 6.07 Å². The maximum atomic E-state index is 13.5. The molecular formula is C13H11BrFIN2. The molecule has 0 saturated heterocycles. The van der Waals surface area contributed by atoms with E-state index in [1.807, 2.05) is 25.1 Å². The molecular weight excluding hydrogens is 410 g/mol. The molecule has 0 spiro atoms. The summed E-state index contributed by atoms with van der Waals surface area (Å²) >= 11 is 5.36. The summed E-state index contributed by atoms with van der Waals surface area (Å²) in [5, 5.41) is 3.21. The number of hydrogen-bond acceptors (Lipinski definition) is 2. The molecule has 0 fully saturated rings. The Hall–Kier alpha value is -0.820. The third-order valence-corrected chi connectivity index (χ3v) is 4.03. The summed E-state index contributed by atoms with van der Waals surface area (Å²) in [6, 6.07) is 8.80. The zero-order valence-electron chi connectivity index (χ0n) is 9.60. The summed E-state index contributed by atoms with van der Waals surface area (Å²) in [5.74, 6) is -0.284. The largest absolute Gasteiger partial charge is 0.399 e. The molecule has 18 heavy (non-hydrogen) atoms. The van der Waals surface area contributed by atoms with E-state index in [4.69, 9.17) is 5.73 Å². The highest BCUT2D eigenvalue weighted by Gasteiger charge is 2.07. The van der Waals surface area contributed by atoms with Crippen LogP contribution in [0.15, 0.2) is 34.8 Å². The molecule has 0 saturated carbocycles.